The van der Waals surface area contributed by atoms with E-state index in [4.69, 9.17) is 4.74 Å². The molecule has 0 atom stereocenters. The highest BCUT2D eigenvalue weighted by Crippen LogP contribution is 2.17. The Morgan fingerprint density at radius 1 is 1.26 bits per heavy atom. The van der Waals surface area contributed by atoms with E-state index >= 15 is 0 Å². The Morgan fingerprint density at radius 3 is 2.83 bits per heavy atom. The predicted molar refractivity (Wildman–Crippen MR) is 86.3 cm³/mol. The zero-order valence-corrected chi connectivity index (χ0v) is 13.0. The molecule has 7 nitrogen and oxygen atoms in total. The first-order valence-corrected chi connectivity index (χ1v) is 7.62. The van der Waals surface area contributed by atoms with Crippen LogP contribution in [0.4, 0.5) is 5.69 Å². The third-order valence-corrected chi connectivity index (χ3v) is 3.81. The average molecular weight is 310 g/mol. The molecule has 0 unspecified atom stereocenters. The van der Waals surface area contributed by atoms with Crippen molar-refractivity contribution in [1.29, 1.82) is 5.26 Å². The molecule has 0 amide bonds. The summed E-state index contributed by atoms with van der Waals surface area (Å²) in [5.41, 5.74) is 3.90. The topological polar surface area (TPSA) is 88.1 Å². The molecule has 2 heterocycles. The summed E-state index contributed by atoms with van der Waals surface area (Å²) in [4.78, 5) is 0. The molecule has 7 heteroatoms. The van der Waals surface area contributed by atoms with Gasteiger partial charge in [-0.1, -0.05) is 6.42 Å². The quantitative estimate of drug-likeness (QED) is 0.692. The van der Waals surface area contributed by atoms with Crippen LogP contribution in [0.2, 0.25) is 0 Å². The maximum Gasteiger partial charge on any atom is 0.205 e. The molecule has 1 aliphatic heterocycles. The minimum Gasteiger partial charge on any atom is -0.497 e. The van der Waals surface area contributed by atoms with Gasteiger partial charge in [-0.2, -0.15) is 10.4 Å². The molecule has 1 aromatic heterocycles. The predicted octanol–water partition coefficient (Wildman–Crippen LogP) is 2.35. The Labute approximate surface area is 134 Å². The molecular formula is C16H18N6O. The van der Waals surface area contributed by atoms with Gasteiger partial charge in [0.25, 0.3) is 0 Å². The molecule has 0 radical (unpaired) electrons. The molecule has 0 saturated heterocycles. The molecule has 1 aromatic carbocycles. The van der Waals surface area contributed by atoms with E-state index in [1.807, 2.05) is 28.8 Å². The maximum absolute atomic E-state index is 9.41. The van der Waals surface area contributed by atoms with Gasteiger partial charge in [0, 0.05) is 13.0 Å². The number of aryl methyl sites for hydroxylation is 1. The van der Waals surface area contributed by atoms with Gasteiger partial charge in [0.15, 0.2) is 5.82 Å². The second kappa shape index (κ2) is 6.92. The molecule has 0 bridgehead atoms. The fourth-order valence-electron chi connectivity index (χ4n) is 2.57. The van der Waals surface area contributed by atoms with Crippen molar-refractivity contribution in [3.05, 3.63) is 35.9 Å². The van der Waals surface area contributed by atoms with Crippen LogP contribution in [0.15, 0.2) is 29.4 Å². The van der Waals surface area contributed by atoms with Crippen molar-refractivity contribution in [3.8, 4) is 11.8 Å². The Kier molecular flexibility index (Phi) is 4.52. The Balaban J connectivity index is 1.82. The molecule has 1 N–H and O–H groups in total. The molecule has 0 saturated carbocycles. The number of benzene rings is 1. The van der Waals surface area contributed by atoms with Crippen LogP contribution in [0.25, 0.3) is 0 Å². The first-order valence-electron chi connectivity index (χ1n) is 7.62. The number of hydrogen-bond donors (Lipinski definition) is 1. The summed E-state index contributed by atoms with van der Waals surface area (Å²) in [5.74, 6) is 2.23. The largest absolute Gasteiger partial charge is 0.497 e. The summed E-state index contributed by atoms with van der Waals surface area (Å²) in [7, 11) is 1.62. The van der Waals surface area contributed by atoms with Crippen molar-refractivity contribution in [2.75, 3.05) is 12.5 Å². The lowest BCUT2D eigenvalue weighted by molar-refractivity contribution is 0.415. The number of methoxy groups -OCH3 is 1. The summed E-state index contributed by atoms with van der Waals surface area (Å²) in [6, 6.07) is 9.43. The van der Waals surface area contributed by atoms with E-state index in [1.165, 1.54) is 6.42 Å². The number of nitriles is 1. The first kappa shape index (κ1) is 15.0. The second-order valence-electron chi connectivity index (χ2n) is 5.31. The summed E-state index contributed by atoms with van der Waals surface area (Å²) < 4.78 is 7.12. The Bertz CT molecular complexity index is 741. The minimum atomic E-state index is 0.237. The lowest BCUT2D eigenvalue weighted by Gasteiger charge is -2.06. The molecule has 118 valence electrons. The number of ether oxygens (including phenoxy) is 1. The number of nitrogens with zero attached hydrogens (tertiary/aromatic N) is 5. The van der Waals surface area contributed by atoms with Gasteiger partial charge >= 0.3 is 0 Å². The highest BCUT2D eigenvalue weighted by molar-refractivity contribution is 6.09. The molecule has 0 aliphatic carbocycles. The van der Waals surface area contributed by atoms with Gasteiger partial charge in [0.2, 0.25) is 5.71 Å². The lowest BCUT2D eigenvalue weighted by Crippen LogP contribution is -2.12. The van der Waals surface area contributed by atoms with Crippen LogP contribution in [0.1, 0.15) is 30.9 Å². The molecule has 3 rings (SSSR count). The van der Waals surface area contributed by atoms with Crippen LogP contribution in [0.3, 0.4) is 0 Å². The monoisotopic (exact) mass is 310 g/mol. The summed E-state index contributed by atoms with van der Waals surface area (Å²) >= 11 is 0. The second-order valence-corrected chi connectivity index (χ2v) is 5.31. The van der Waals surface area contributed by atoms with Gasteiger partial charge in [-0.3, -0.25) is 5.43 Å². The third-order valence-electron chi connectivity index (χ3n) is 3.81. The first-order chi connectivity index (χ1) is 11.3. The average Bonchev–Trinajstić information content (AvgIpc) is 2.84. The smallest absolute Gasteiger partial charge is 0.205 e. The molecule has 0 fully saturated rings. The van der Waals surface area contributed by atoms with Gasteiger partial charge in [-0.15, -0.1) is 10.2 Å². The number of aromatic nitrogens is 3. The zero-order chi connectivity index (χ0) is 16.1. The zero-order valence-electron chi connectivity index (χ0n) is 13.0. The van der Waals surface area contributed by atoms with E-state index in [0.717, 1.165) is 43.1 Å². The number of nitrogens with one attached hydrogen (secondary N) is 1. The van der Waals surface area contributed by atoms with Crippen LogP contribution in [-0.2, 0) is 13.0 Å². The minimum absolute atomic E-state index is 0.237. The number of hydrogen-bond acceptors (Lipinski definition) is 6. The van der Waals surface area contributed by atoms with Gasteiger partial charge in [0.1, 0.15) is 17.6 Å². The van der Waals surface area contributed by atoms with E-state index in [-0.39, 0.29) is 5.71 Å². The standard InChI is InChI=1S/C16H18N6O/c1-23-13-8-6-12(7-9-13)18-19-14(11-17)16-21-20-15-5-3-2-4-10-22(15)16/h6-9,18H,2-5,10H2,1H3/b19-14+. The highest BCUT2D eigenvalue weighted by Gasteiger charge is 2.18. The van der Waals surface area contributed by atoms with Crippen molar-refractivity contribution in [3.63, 3.8) is 0 Å². The number of hydrazone groups is 1. The Morgan fingerprint density at radius 2 is 2.09 bits per heavy atom. The summed E-state index contributed by atoms with van der Waals surface area (Å²) in [6.45, 7) is 0.834. The highest BCUT2D eigenvalue weighted by atomic mass is 16.5. The van der Waals surface area contributed by atoms with E-state index in [1.54, 1.807) is 7.11 Å². The van der Waals surface area contributed by atoms with E-state index in [0.29, 0.717) is 5.82 Å². The van der Waals surface area contributed by atoms with Crippen molar-refractivity contribution < 1.29 is 4.74 Å². The fourth-order valence-corrected chi connectivity index (χ4v) is 2.57. The Hall–Kier alpha value is -2.88. The van der Waals surface area contributed by atoms with Crippen LogP contribution < -0.4 is 10.2 Å². The molecule has 1 aliphatic rings. The normalized spacial score (nSPS) is 14.5. The van der Waals surface area contributed by atoms with Gasteiger partial charge in [-0.25, -0.2) is 0 Å². The number of rotatable bonds is 4. The molecule has 23 heavy (non-hydrogen) atoms. The van der Waals surface area contributed by atoms with E-state index < -0.39 is 0 Å². The number of anilines is 1. The number of fused-ring (bicyclic) bond motifs is 1. The summed E-state index contributed by atoms with van der Waals surface area (Å²) in [6.07, 6.45) is 4.26. The van der Waals surface area contributed by atoms with Crippen molar-refractivity contribution in [2.45, 2.75) is 32.2 Å². The molecule has 0 spiro atoms. The van der Waals surface area contributed by atoms with Gasteiger partial charge < -0.3 is 9.30 Å². The van der Waals surface area contributed by atoms with Crippen LogP contribution >= 0.6 is 0 Å². The molecular weight excluding hydrogens is 292 g/mol. The maximum atomic E-state index is 9.41. The SMILES string of the molecule is COc1ccc(N/N=C(\C#N)c2nnc3n2CCCCC3)cc1. The lowest BCUT2D eigenvalue weighted by atomic mass is 10.2. The van der Waals surface area contributed by atoms with Crippen LogP contribution in [0, 0.1) is 11.3 Å². The fraction of sp³-hybridized carbons (Fsp3) is 0.375. The van der Waals surface area contributed by atoms with Crippen molar-refractivity contribution in [2.24, 2.45) is 5.10 Å². The van der Waals surface area contributed by atoms with Crippen molar-refractivity contribution in [1.82, 2.24) is 14.8 Å². The van der Waals surface area contributed by atoms with Gasteiger partial charge in [0.05, 0.1) is 12.8 Å². The van der Waals surface area contributed by atoms with E-state index in [9.17, 15) is 5.26 Å². The van der Waals surface area contributed by atoms with Gasteiger partial charge in [-0.05, 0) is 37.1 Å². The van der Waals surface area contributed by atoms with Crippen LogP contribution in [0.5, 0.6) is 5.75 Å². The van der Waals surface area contributed by atoms with Crippen molar-refractivity contribution >= 4 is 11.4 Å². The van der Waals surface area contributed by atoms with Crippen LogP contribution in [-0.4, -0.2) is 27.6 Å². The van der Waals surface area contributed by atoms with E-state index in [2.05, 4.69) is 26.8 Å². The molecule has 2 aromatic rings. The summed E-state index contributed by atoms with van der Waals surface area (Å²) in [5, 5.41) is 21.9. The third kappa shape index (κ3) is 3.31.